The highest BCUT2D eigenvalue weighted by molar-refractivity contribution is 7.90. The number of rotatable bonds is 6. The lowest BCUT2D eigenvalue weighted by Gasteiger charge is -2.13. The number of hydrogen-bond donors (Lipinski definition) is 2. The molecule has 8 heteroatoms. The predicted molar refractivity (Wildman–Crippen MR) is 67.5 cm³/mol. The van der Waals surface area contributed by atoms with Crippen LogP contribution in [0.1, 0.15) is 16.1 Å². The monoisotopic (exact) mass is 291 g/mol. The second-order valence-corrected chi connectivity index (χ2v) is 6.97. The minimum Gasteiger partial charge on any atom is -0.480 e. The normalized spacial score (nSPS) is 12.9. The van der Waals surface area contributed by atoms with E-state index in [4.69, 9.17) is 5.11 Å². The van der Waals surface area contributed by atoms with Crippen LogP contribution in [-0.2, 0) is 14.6 Å². The lowest BCUT2D eigenvalue weighted by molar-refractivity contribution is -0.139. The fourth-order valence-corrected chi connectivity index (χ4v) is 2.52. The SMILES string of the molecule is CS(=O)(=O)CCC(NC(=O)c1cccs1)C(=O)O. The van der Waals surface area contributed by atoms with Gasteiger partial charge in [-0.3, -0.25) is 4.79 Å². The molecule has 0 spiro atoms. The molecule has 0 aromatic carbocycles. The molecule has 18 heavy (non-hydrogen) atoms. The number of aliphatic carboxylic acids is 1. The summed E-state index contributed by atoms with van der Waals surface area (Å²) < 4.78 is 21.9. The van der Waals surface area contributed by atoms with Crippen LogP contribution < -0.4 is 5.32 Å². The van der Waals surface area contributed by atoms with E-state index in [1.165, 1.54) is 11.3 Å². The van der Waals surface area contributed by atoms with Crippen LogP contribution in [0.25, 0.3) is 0 Å². The Hall–Kier alpha value is -1.41. The maximum atomic E-state index is 11.6. The standard InChI is InChI=1S/C10H13NO5S2/c1-18(15,16)6-4-7(10(13)14)11-9(12)8-3-2-5-17-8/h2-3,5,7H,4,6H2,1H3,(H,11,12)(H,13,14). The molecule has 1 atom stereocenters. The van der Waals surface area contributed by atoms with Gasteiger partial charge in [0.25, 0.3) is 5.91 Å². The highest BCUT2D eigenvalue weighted by Gasteiger charge is 2.22. The average Bonchev–Trinajstić information content (AvgIpc) is 2.75. The lowest BCUT2D eigenvalue weighted by atomic mass is 10.2. The summed E-state index contributed by atoms with van der Waals surface area (Å²) in [5, 5.41) is 12.9. The largest absolute Gasteiger partial charge is 0.480 e. The van der Waals surface area contributed by atoms with Crippen LogP contribution >= 0.6 is 11.3 Å². The Kier molecular flexibility index (Phi) is 4.85. The van der Waals surface area contributed by atoms with Gasteiger partial charge < -0.3 is 10.4 Å². The maximum Gasteiger partial charge on any atom is 0.326 e. The maximum absolute atomic E-state index is 11.6. The van der Waals surface area contributed by atoms with Crippen molar-refractivity contribution in [2.45, 2.75) is 12.5 Å². The molecule has 100 valence electrons. The Morgan fingerprint density at radius 2 is 2.17 bits per heavy atom. The second-order valence-electron chi connectivity index (χ2n) is 3.76. The molecule has 1 unspecified atom stereocenters. The summed E-state index contributed by atoms with van der Waals surface area (Å²) in [5.41, 5.74) is 0. The lowest BCUT2D eigenvalue weighted by Crippen LogP contribution is -2.41. The number of nitrogens with one attached hydrogen (secondary N) is 1. The van der Waals surface area contributed by atoms with Crippen LogP contribution in [0.15, 0.2) is 17.5 Å². The number of carboxylic acids is 1. The van der Waals surface area contributed by atoms with Crippen LogP contribution in [0, 0.1) is 0 Å². The van der Waals surface area contributed by atoms with E-state index in [2.05, 4.69) is 5.32 Å². The molecule has 1 aromatic rings. The summed E-state index contributed by atoms with van der Waals surface area (Å²) in [4.78, 5) is 22.9. The Labute approximate surface area is 109 Å². The summed E-state index contributed by atoms with van der Waals surface area (Å²) >= 11 is 1.19. The van der Waals surface area contributed by atoms with Crippen molar-refractivity contribution in [2.24, 2.45) is 0 Å². The molecule has 1 rings (SSSR count). The zero-order valence-electron chi connectivity index (χ0n) is 9.62. The van der Waals surface area contributed by atoms with Crippen LogP contribution in [0.2, 0.25) is 0 Å². The summed E-state index contributed by atoms with van der Waals surface area (Å²) in [7, 11) is -3.25. The van der Waals surface area contributed by atoms with E-state index in [9.17, 15) is 18.0 Å². The van der Waals surface area contributed by atoms with Crippen LogP contribution in [0.3, 0.4) is 0 Å². The van der Waals surface area contributed by atoms with Crippen molar-refractivity contribution in [3.63, 3.8) is 0 Å². The van der Waals surface area contributed by atoms with E-state index in [1.807, 2.05) is 0 Å². The molecule has 0 radical (unpaired) electrons. The number of carbonyl (C=O) groups is 2. The van der Waals surface area contributed by atoms with Gasteiger partial charge in [-0.05, 0) is 17.9 Å². The van der Waals surface area contributed by atoms with E-state index in [0.717, 1.165) is 6.26 Å². The van der Waals surface area contributed by atoms with Gasteiger partial charge in [0.2, 0.25) is 0 Å². The first-order valence-electron chi connectivity index (χ1n) is 5.04. The number of sulfone groups is 1. The highest BCUT2D eigenvalue weighted by Crippen LogP contribution is 2.09. The molecule has 0 aliphatic carbocycles. The number of carbonyl (C=O) groups excluding carboxylic acids is 1. The Balaban J connectivity index is 2.64. The van der Waals surface area contributed by atoms with Crippen molar-refractivity contribution in [2.75, 3.05) is 12.0 Å². The van der Waals surface area contributed by atoms with E-state index in [0.29, 0.717) is 4.88 Å². The molecule has 0 bridgehead atoms. The van der Waals surface area contributed by atoms with Crippen molar-refractivity contribution in [1.29, 1.82) is 0 Å². The third-order valence-corrected chi connectivity index (χ3v) is 3.97. The molecule has 0 aliphatic rings. The second kappa shape index (κ2) is 5.96. The minimum absolute atomic E-state index is 0.148. The molecule has 0 saturated heterocycles. The third kappa shape index (κ3) is 4.84. The van der Waals surface area contributed by atoms with Gasteiger partial charge in [0.15, 0.2) is 0 Å². The molecule has 6 nitrogen and oxygen atoms in total. The summed E-state index contributed by atoms with van der Waals surface area (Å²) in [5.74, 6) is -2.04. The van der Waals surface area contributed by atoms with Crippen LogP contribution in [-0.4, -0.2) is 43.5 Å². The molecular formula is C10H13NO5S2. The predicted octanol–water partition coefficient (Wildman–Crippen LogP) is 0.366. The van der Waals surface area contributed by atoms with Gasteiger partial charge in [-0.25, -0.2) is 13.2 Å². The molecule has 1 heterocycles. The van der Waals surface area contributed by atoms with Crippen molar-refractivity contribution < 1.29 is 23.1 Å². The Morgan fingerprint density at radius 1 is 1.50 bits per heavy atom. The molecule has 2 N–H and O–H groups in total. The molecular weight excluding hydrogens is 278 g/mol. The summed E-state index contributed by atoms with van der Waals surface area (Å²) in [6.07, 6.45) is 0.873. The Bertz CT molecular complexity index is 520. The van der Waals surface area contributed by atoms with Gasteiger partial charge in [0.1, 0.15) is 15.9 Å². The molecule has 0 aliphatic heterocycles. The summed E-state index contributed by atoms with van der Waals surface area (Å²) in [6.45, 7) is 0. The molecule has 1 amide bonds. The first-order chi connectivity index (χ1) is 8.29. The molecule has 1 aromatic heterocycles. The first kappa shape index (κ1) is 14.7. The van der Waals surface area contributed by atoms with Crippen molar-refractivity contribution in [3.8, 4) is 0 Å². The van der Waals surface area contributed by atoms with E-state index in [-0.39, 0.29) is 12.2 Å². The van der Waals surface area contributed by atoms with Crippen LogP contribution in [0.4, 0.5) is 0 Å². The van der Waals surface area contributed by atoms with Gasteiger partial charge in [-0.2, -0.15) is 0 Å². The first-order valence-corrected chi connectivity index (χ1v) is 7.98. The van der Waals surface area contributed by atoms with E-state index >= 15 is 0 Å². The van der Waals surface area contributed by atoms with Gasteiger partial charge >= 0.3 is 5.97 Å². The Morgan fingerprint density at radius 3 is 2.61 bits per heavy atom. The fourth-order valence-electron chi connectivity index (χ4n) is 1.23. The van der Waals surface area contributed by atoms with Gasteiger partial charge in [0, 0.05) is 6.26 Å². The number of hydrogen-bond acceptors (Lipinski definition) is 5. The average molecular weight is 291 g/mol. The summed E-state index contributed by atoms with van der Waals surface area (Å²) in [6, 6.07) is 2.04. The number of thiophene rings is 1. The van der Waals surface area contributed by atoms with Gasteiger partial charge in [0.05, 0.1) is 10.6 Å². The van der Waals surface area contributed by atoms with Gasteiger partial charge in [-0.1, -0.05) is 6.07 Å². The van der Waals surface area contributed by atoms with E-state index in [1.54, 1.807) is 17.5 Å². The fraction of sp³-hybridized carbons (Fsp3) is 0.400. The zero-order chi connectivity index (χ0) is 13.8. The van der Waals surface area contributed by atoms with E-state index < -0.39 is 27.8 Å². The van der Waals surface area contributed by atoms with Crippen LogP contribution in [0.5, 0.6) is 0 Å². The van der Waals surface area contributed by atoms with Gasteiger partial charge in [-0.15, -0.1) is 11.3 Å². The topological polar surface area (TPSA) is 101 Å². The highest BCUT2D eigenvalue weighted by atomic mass is 32.2. The third-order valence-electron chi connectivity index (χ3n) is 2.13. The van der Waals surface area contributed by atoms with Crippen molar-refractivity contribution in [1.82, 2.24) is 5.32 Å². The smallest absolute Gasteiger partial charge is 0.326 e. The quantitative estimate of drug-likeness (QED) is 0.788. The molecule has 0 saturated carbocycles. The molecule has 0 fully saturated rings. The van der Waals surface area contributed by atoms with Crippen molar-refractivity contribution in [3.05, 3.63) is 22.4 Å². The number of amides is 1. The zero-order valence-corrected chi connectivity index (χ0v) is 11.3. The van der Waals surface area contributed by atoms with Crippen molar-refractivity contribution >= 4 is 33.1 Å². The minimum atomic E-state index is -3.25. The number of carboxylic acid groups (broad SMARTS) is 1.